The fraction of sp³-hybridized carbons (Fsp3) is 0.571. The molecule has 0 aliphatic carbocycles. The summed E-state index contributed by atoms with van der Waals surface area (Å²) in [6.45, 7) is 6.12. The third kappa shape index (κ3) is 3.88. The molecule has 2 rings (SSSR count). The number of amides is 1. The Morgan fingerprint density at radius 2 is 2.10 bits per heavy atom. The molecule has 1 aliphatic rings. The molecule has 2 heterocycles. The van der Waals surface area contributed by atoms with E-state index in [0.29, 0.717) is 26.2 Å². The van der Waals surface area contributed by atoms with Crippen LogP contribution in [0.3, 0.4) is 0 Å². The summed E-state index contributed by atoms with van der Waals surface area (Å²) in [5, 5.41) is 11.9. The van der Waals surface area contributed by atoms with Gasteiger partial charge in [0.15, 0.2) is 5.78 Å². The number of thiophene rings is 1. The van der Waals surface area contributed by atoms with Gasteiger partial charge in [-0.1, -0.05) is 0 Å². The van der Waals surface area contributed by atoms with Crippen LogP contribution in [-0.4, -0.2) is 58.9 Å². The largest absolute Gasteiger partial charge is 0.390 e. The number of carbonyl (C=O) groups excluding carboxylic acids is 2. The summed E-state index contributed by atoms with van der Waals surface area (Å²) in [5.41, 5.74) is 1.09. The topological polar surface area (TPSA) is 60.9 Å². The highest BCUT2D eigenvalue weighted by Crippen LogP contribution is 2.18. The molecule has 1 atom stereocenters. The number of nitrogens with zero attached hydrogens (tertiary/aromatic N) is 2. The average Bonchev–Trinajstić information content (AvgIpc) is 2.74. The Balaban J connectivity index is 1.98. The molecular formula is C14H20N2O3S. The summed E-state index contributed by atoms with van der Waals surface area (Å²) in [7, 11) is 0. The van der Waals surface area contributed by atoms with Gasteiger partial charge in [0.1, 0.15) is 0 Å². The van der Waals surface area contributed by atoms with E-state index in [1.807, 2.05) is 11.4 Å². The van der Waals surface area contributed by atoms with Gasteiger partial charge in [-0.25, -0.2) is 0 Å². The number of rotatable bonds is 3. The van der Waals surface area contributed by atoms with Gasteiger partial charge in [0.05, 0.1) is 11.0 Å². The van der Waals surface area contributed by atoms with E-state index in [2.05, 4.69) is 4.90 Å². The second kappa shape index (κ2) is 6.47. The van der Waals surface area contributed by atoms with Gasteiger partial charge in [0.25, 0.3) is 0 Å². The minimum atomic E-state index is -0.521. The first-order chi connectivity index (χ1) is 9.45. The highest BCUT2D eigenvalue weighted by atomic mass is 32.1. The average molecular weight is 296 g/mol. The molecular weight excluding hydrogens is 276 g/mol. The summed E-state index contributed by atoms with van der Waals surface area (Å²) in [5.74, 6) is 0.0835. The SMILES string of the molecule is CC(=O)c1cc(CN2CCN(C(C)=O)CC(O)C2)cs1. The highest BCUT2D eigenvalue weighted by molar-refractivity contribution is 7.12. The van der Waals surface area contributed by atoms with E-state index in [9.17, 15) is 14.7 Å². The number of hydrogen-bond acceptors (Lipinski definition) is 5. The molecule has 1 unspecified atom stereocenters. The lowest BCUT2D eigenvalue weighted by atomic mass is 10.2. The monoisotopic (exact) mass is 296 g/mol. The van der Waals surface area contributed by atoms with Crippen LogP contribution in [0.15, 0.2) is 11.4 Å². The number of β-amino-alcohol motifs (C(OH)–C–C–N with tert-alkyl or cyclic N) is 1. The Morgan fingerprint density at radius 3 is 2.70 bits per heavy atom. The minimum absolute atomic E-state index is 0.000277. The first-order valence-electron chi connectivity index (χ1n) is 6.70. The predicted molar refractivity (Wildman–Crippen MR) is 77.9 cm³/mol. The zero-order valence-electron chi connectivity index (χ0n) is 11.8. The summed E-state index contributed by atoms with van der Waals surface area (Å²) in [4.78, 5) is 27.3. The first-order valence-corrected chi connectivity index (χ1v) is 7.58. The van der Waals surface area contributed by atoms with Crippen molar-refractivity contribution in [2.75, 3.05) is 26.2 Å². The maximum absolute atomic E-state index is 11.4. The summed E-state index contributed by atoms with van der Waals surface area (Å²) >= 11 is 1.45. The Morgan fingerprint density at radius 1 is 1.35 bits per heavy atom. The molecule has 0 spiro atoms. The number of Topliss-reactive ketones (excluding diaryl/α,β-unsaturated/α-hetero) is 1. The van der Waals surface area contributed by atoms with Crippen molar-refractivity contribution < 1.29 is 14.7 Å². The molecule has 0 aromatic carbocycles. The Bertz CT molecular complexity index is 500. The summed E-state index contributed by atoms with van der Waals surface area (Å²) in [6, 6.07) is 1.91. The van der Waals surface area contributed by atoms with Gasteiger partial charge in [-0.15, -0.1) is 11.3 Å². The van der Waals surface area contributed by atoms with Crippen LogP contribution in [0.2, 0.25) is 0 Å². The molecule has 1 aromatic heterocycles. The van der Waals surface area contributed by atoms with Gasteiger partial charge in [0.2, 0.25) is 5.91 Å². The van der Waals surface area contributed by atoms with Gasteiger partial charge in [-0.05, 0) is 23.9 Å². The molecule has 1 fully saturated rings. The second-order valence-electron chi connectivity index (χ2n) is 5.23. The molecule has 1 aromatic rings. The quantitative estimate of drug-likeness (QED) is 0.845. The molecule has 0 bridgehead atoms. The van der Waals surface area contributed by atoms with E-state index < -0.39 is 6.10 Å². The van der Waals surface area contributed by atoms with E-state index in [0.717, 1.165) is 17.0 Å². The van der Waals surface area contributed by atoms with E-state index in [-0.39, 0.29) is 11.7 Å². The van der Waals surface area contributed by atoms with Crippen molar-refractivity contribution in [3.8, 4) is 0 Å². The van der Waals surface area contributed by atoms with Crippen LogP contribution in [0.25, 0.3) is 0 Å². The van der Waals surface area contributed by atoms with Crippen LogP contribution >= 0.6 is 11.3 Å². The second-order valence-corrected chi connectivity index (χ2v) is 6.14. The fourth-order valence-corrected chi connectivity index (χ4v) is 3.19. The molecule has 0 saturated carbocycles. The molecule has 20 heavy (non-hydrogen) atoms. The van der Waals surface area contributed by atoms with Crippen LogP contribution in [-0.2, 0) is 11.3 Å². The van der Waals surface area contributed by atoms with Crippen LogP contribution in [0.5, 0.6) is 0 Å². The third-order valence-corrected chi connectivity index (χ3v) is 4.52. The number of hydrogen-bond donors (Lipinski definition) is 1. The lowest BCUT2D eigenvalue weighted by Gasteiger charge is -2.20. The number of aliphatic hydroxyl groups is 1. The van der Waals surface area contributed by atoms with Crippen LogP contribution in [0.4, 0.5) is 0 Å². The summed E-state index contributed by atoms with van der Waals surface area (Å²) in [6.07, 6.45) is -0.521. The maximum Gasteiger partial charge on any atom is 0.219 e. The normalized spacial score (nSPS) is 20.8. The molecule has 5 nitrogen and oxygen atoms in total. The number of ketones is 1. The van der Waals surface area contributed by atoms with Crippen molar-refractivity contribution in [1.29, 1.82) is 0 Å². The van der Waals surface area contributed by atoms with Crippen molar-refractivity contribution in [2.45, 2.75) is 26.5 Å². The van der Waals surface area contributed by atoms with Crippen molar-refractivity contribution in [3.63, 3.8) is 0 Å². The van der Waals surface area contributed by atoms with Crippen molar-refractivity contribution in [1.82, 2.24) is 9.80 Å². The van der Waals surface area contributed by atoms with E-state index in [1.54, 1.807) is 11.8 Å². The zero-order valence-corrected chi connectivity index (χ0v) is 12.7. The van der Waals surface area contributed by atoms with Gasteiger partial charge in [-0.3, -0.25) is 14.5 Å². The number of carbonyl (C=O) groups is 2. The lowest BCUT2D eigenvalue weighted by Crippen LogP contribution is -2.36. The standard InChI is InChI=1S/C14H20N2O3S/c1-10(17)14-5-12(9-20-14)6-15-3-4-16(11(2)18)8-13(19)7-15/h5,9,13,19H,3-4,6-8H2,1-2H3. The van der Waals surface area contributed by atoms with Gasteiger partial charge in [0, 0.05) is 39.6 Å². The Labute approximate surface area is 122 Å². The molecule has 1 N–H and O–H groups in total. The predicted octanol–water partition coefficient (Wildman–Crippen LogP) is 0.976. The first kappa shape index (κ1) is 15.2. The van der Waals surface area contributed by atoms with Gasteiger partial charge < -0.3 is 10.0 Å². The molecule has 6 heteroatoms. The van der Waals surface area contributed by atoms with Crippen LogP contribution < -0.4 is 0 Å². The zero-order chi connectivity index (χ0) is 14.7. The molecule has 0 radical (unpaired) electrons. The van der Waals surface area contributed by atoms with E-state index in [4.69, 9.17) is 0 Å². The fourth-order valence-electron chi connectivity index (χ4n) is 2.39. The van der Waals surface area contributed by atoms with E-state index in [1.165, 1.54) is 18.3 Å². The molecule has 1 amide bonds. The van der Waals surface area contributed by atoms with Crippen molar-refractivity contribution in [2.24, 2.45) is 0 Å². The third-order valence-electron chi connectivity index (χ3n) is 3.44. The lowest BCUT2D eigenvalue weighted by molar-refractivity contribution is -0.129. The maximum atomic E-state index is 11.4. The van der Waals surface area contributed by atoms with E-state index >= 15 is 0 Å². The summed E-state index contributed by atoms with van der Waals surface area (Å²) < 4.78 is 0. The smallest absolute Gasteiger partial charge is 0.219 e. The van der Waals surface area contributed by atoms with Crippen molar-refractivity contribution >= 4 is 23.0 Å². The highest BCUT2D eigenvalue weighted by Gasteiger charge is 2.22. The molecule has 1 saturated heterocycles. The molecule has 1 aliphatic heterocycles. The number of aliphatic hydroxyl groups excluding tert-OH is 1. The van der Waals surface area contributed by atoms with Crippen molar-refractivity contribution in [3.05, 3.63) is 21.9 Å². The van der Waals surface area contributed by atoms with Gasteiger partial charge in [-0.2, -0.15) is 0 Å². The van der Waals surface area contributed by atoms with Gasteiger partial charge >= 0.3 is 0 Å². The van der Waals surface area contributed by atoms with Crippen LogP contribution in [0, 0.1) is 0 Å². The Hall–Kier alpha value is -1.24. The molecule has 110 valence electrons. The Kier molecular flexibility index (Phi) is 4.91. The van der Waals surface area contributed by atoms with Crippen LogP contribution in [0.1, 0.15) is 29.1 Å². The minimum Gasteiger partial charge on any atom is -0.390 e.